The summed E-state index contributed by atoms with van der Waals surface area (Å²) in [5.74, 6) is 0.380. The van der Waals surface area contributed by atoms with Gasteiger partial charge in [0.2, 0.25) is 5.28 Å². The van der Waals surface area contributed by atoms with Gasteiger partial charge in [-0.2, -0.15) is 4.98 Å². The van der Waals surface area contributed by atoms with Crippen LogP contribution in [0.4, 0.5) is 5.82 Å². The number of hydrogen-bond donors (Lipinski definition) is 4. The largest absolute Gasteiger partial charge is 0.366 e. The van der Waals surface area contributed by atoms with Gasteiger partial charge in [0.1, 0.15) is 6.10 Å². The Morgan fingerprint density at radius 1 is 1.23 bits per heavy atom. The van der Waals surface area contributed by atoms with Crippen LogP contribution in [-0.4, -0.2) is 52.9 Å². The van der Waals surface area contributed by atoms with Crippen molar-refractivity contribution in [3.63, 3.8) is 0 Å². The van der Waals surface area contributed by atoms with E-state index in [9.17, 15) is 4.89 Å². The third kappa shape index (κ3) is 5.86. The monoisotopic (exact) mass is 485 g/mol. The smallest absolute Gasteiger partial charge is 0.243 e. The van der Waals surface area contributed by atoms with E-state index < -0.39 is 16.8 Å². The van der Waals surface area contributed by atoms with Gasteiger partial charge in [0.15, 0.2) is 28.2 Å². The zero-order chi connectivity index (χ0) is 21.8. The van der Waals surface area contributed by atoms with Crippen LogP contribution in [-0.2, 0) is 15.8 Å². The maximum Gasteiger partial charge on any atom is 0.243 e. The average molecular weight is 486 g/mol. The Bertz CT molecular complexity index is 1010. The van der Waals surface area contributed by atoms with Crippen LogP contribution < -0.4 is 5.32 Å². The molecule has 1 aliphatic heterocycles. The van der Waals surface area contributed by atoms with E-state index in [1.54, 1.807) is 10.7 Å². The number of rotatable bonds is 9. The Labute approximate surface area is 186 Å². The molecular formula is C18H22ClN5O5P2. The highest BCUT2D eigenvalue weighted by molar-refractivity contribution is 7.63. The second-order valence-electron chi connectivity index (χ2n) is 6.97. The average Bonchev–Trinajstić information content (AvgIpc) is 3.37. The lowest BCUT2D eigenvalue weighted by atomic mass is 10.1. The minimum absolute atomic E-state index is 0.0932. The third-order valence-electron chi connectivity index (χ3n) is 4.76. The van der Waals surface area contributed by atoms with Gasteiger partial charge in [0, 0.05) is 6.54 Å². The van der Waals surface area contributed by atoms with E-state index in [1.807, 2.05) is 30.3 Å². The van der Waals surface area contributed by atoms with Gasteiger partial charge in [-0.05, 0) is 30.0 Å². The molecular weight excluding hydrogens is 464 g/mol. The number of aromatic nitrogens is 4. The van der Waals surface area contributed by atoms with Crippen LogP contribution in [0.15, 0.2) is 36.5 Å². The first-order chi connectivity index (χ1) is 15.0. The molecule has 3 heterocycles. The van der Waals surface area contributed by atoms with E-state index in [0.29, 0.717) is 18.0 Å². The highest BCUT2D eigenvalue weighted by atomic mass is 35.5. The fraction of sp³-hybridized carbons (Fsp3) is 0.389. The summed E-state index contributed by atoms with van der Waals surface area (Å²) in [6.45, 7) is 0.748. The number of nitrogens with one attached hydrogen (secondary N) is 1. The number of halogens is 1. The lowest BCUT2D eigenvalue weighted by Gasteiger charge is -2.16. The predicted octanol–water partition coefficient (Wildman–Crippen LogP) is 3.18. The van der Waals surface area contributed by atoms with Gasteiger partial charge in [0.25, 0.3) is 0 Å². The van der Waals surface area contributed by atoms with Crippen molar-refractivity contribution in [2.45, 2.75) is 31.6 Å². The fourth-order valence-corrected chi connectivity index (χ4v) is 5.05. The Morgan fingerprint density at radius 2 is 2.03 bits per heavy atom. The van der Waals surface area contributed by atoms with E-state index >= 15 is 0 Å². The van der Waals surface area contributed by atoms with Gasteiger partial charge in [-0.1, -0.05) is 30.3 Å². The summed E-state index contributed by atoms with van der Waals surface area (Å²) < 4.78 is 13.0. The molecule has 0 aliphatic carbocycles. The van der Waals surface area contributed by atoms with Gasteiger partial charge in [-0.25, -0.2) is 9.50 Å². The van der Waals surface area contributed by atoms with E-state index in [4.69, 9.17) is 30.6 Å². The SMILES string of the molecule is OP(O)CP(O)OCC1CCC(c2cnc3c(NCc4ccccc4)nc(Cl)nn23)O1. The maximum absolute atomic E-state index is 9.70. The van der Waals surface area contributed by atoms with Crippen molar-refractivity contribution >= 4 is 39.8 Å². The highest BCUT2D eigenvalue weighted by Crippen LogP contribution is 2.44. The van der Waals surface area contributed by atoms with E-state index in [0.717, 1.165) is 24.1 Å². The van der Waals surface area contributed by atoms with Crippen molar-refractivity contribution in [1.29, 1.82) is 0 Å². The maximum atomic E-state index is 9.70. The zero-order valence-electron chi connectivity index (χ0n) is 16.4. The Hall–Kier alpha value is -1.48. The van der Waals surface area contributed by atoms with Crippen molar-refractivity contribution < 1.29 is 23.9 Å². The molecule has 10 nitrogen and oxygen atoms in total. The zero-order valence-corrected chi connectivity index (χ0v) is 18.9. The van der Waals surface area contributed by atoms with E-state index in [-0.39, 0.29) is 30.0 Å². The number of ether oxygens (including phenoxy) is 1. The minimum atomic E-state index is -2.18. The summed E-state index contributed by atoms with van der Waals surface area (Å²) in [6.07, 6.45) is 2.68. The van der Waals surface area contributed by atoms with Gasteiger partial charge >= 0.3 is 0 Å². The van der Waals surface area contributed by atoms with Crippen LogP contribution in [0.25, 0.3) is 5.65 Å². The Kier molecular flexibility index (Phi) is 7.63. The van der Waals surface area contributed by atoms with Gasteiger partial charge in [-0.15, -0.1) is 5.10 Å². The molecule has 0 radical (unpaired) electrons. The lowest BCUT2D eigenvalue weighted by Crippen LogP contribution is -2.14. The topological polar surface area (TPSA) is 134 Å². The molecule has 0 bridgehead atoms. The standard InChI is InChI=1S/C18H22ClN5O5P2/c19-18-22-16(20-8-12-4-2-1-3-5-12)17-21-9-14(24(17)23-18)15-7-6-13(29-15)10-28-31(27)11-30(25)26/h1-5,9,13,15,25-27H,6-8,10-11H2,(H,20,22,23). The first-order valence-corrected chi connectivity index (χ1v) is 12.8. The highest BCUT2D eigenvalue weighted by Gasteiger charge is 2.30. The summed E-state index contributed by atoms with van der Waals surface area (Å²) in [5.41, 5.74) is 2.41. The molecule has 166 valence electrons. The molecule has 13 heteroatoms. The van der Waals surface area contributed by atoms with Gasteiger partial charge < -0.3 is 29.3 Å². The summed E-state index contributed by atoms with van der Waals surface area (Å²) in [5, 5.41) is 7.65. The molecule has 3 atom stereocenters. The number of nitrogens with zero attached hydrogens (tertiary/aromatic N) is 4. The predicted molar refractivity (Wildman–Crippen MR) is 118 cm³/mol. The minimum Gasteiger partial charge on any atom is -0.366 e. The second-order valence-corrected chi connectivity index (χ2v) is 10.1. The second kappa shape index (κ2) is 10.4. The first-order valence-electron chi connectivity index (χ1n) is 9.58. The first kappa shape index (κ1) is 22.7. The molecule has 1 fully saturated rings. The van der Waals surface area contributed by atoms with Crippen molar-refractivity contribution in [1.82, 2.24) is 19.6 Å². The number of fused-ring (bicyclic) bond motifs is 1. The van der Waals surface area contributed by atoms with Crippen LogP contribution in [0.2, 0.25) is 5.28 Å². The fourth-order valence-electron chi connectivity index (χ4n) is 3.36. The molecule has 31 heavy (non-hydrogen) atoms. The Balaban J connectivity index is 1.43. The molecule has 1 aliphatic rings. The van der Waals surface area contributed by atoms with Crippen molar-refractivity contribution in [3.8, 4) is 0 Å². The van der Waals surface area contributed by atoms with Gasteiger partial charge in [-0.3, -0.25) is 0 Å². The van der Waals surface area contributed by atoms with Crippen LogP contribution in [0.3, 0.4) is 0 Å². The Morgan fingerprint density at radius 3 is 2.81 bits per heavy atom. The van der Waals surface area contributed by atoms with Crippen molar-refractivity contribution in [2.24, 2.45) is 0 Å². The molecule has 2 aromatic heterocycles. The summed E-state index contributed by atoms with van der Waals surface area (Å²) in [6, 6.07) is 9.93. The molecule has 1 aromatic carbocycles. The molecule has 3 aromatic rings. The summed E-state index contributed by atoms with van der Waals surface area (Å²) in [4.78, 5) is 36.4. The molecule has 0 saturated carbocycles. The summed E-state index contributed by atoms with van der Waals surface area (Å²) in [7, 11) is -4.05. The quantitative estimate of drug-likeness (QED) is 0.337. The normalized spacial score (nSPS) is 19.9. The van der Waals surface area contributed by atoms with E-state index in [2.05, 4.69) is 20.4 Å². The van der Waals surface area contributed by atoms with Crippen LogP contribution in [0.1, 0.15) is 30.2 Å². The summed E-state index contributed by atoms with van der Waals surface area (Å²) >= 11 is 6.16. The number of anilines is 1. The van der Waals surface area contributed by atoms with Crippen LogP contribution in [0.5, 0.6) is 0 Å². The molecule has 4 rings (SSSR count). The molecule has 3 unspecified atom stereocenters. The third-order valence-corrected chi connectivity index (χ3v) is 7.35. The lowest BCUT2D eigenvalue weighted by molar-refractivity contribution is 0.0151. The van der Waals surface area contributed by atoms with Crippen molar-refractivity contribution in [3.05, 3.63) is 53.1 Å². The molecule has 0 amide bonds. The number of imidazole rings is 1. The van der Waals surface area contributed by atoms with Gasteiger partial charge in [0.05, 0.1) is 30.5 Å². The van der Waals surface area contributed by atoms with Crippen molar-refractivity contribution in [2.75, 3.05) is 17.8 Å². The molecule has 0 spiro atoms. The molecule has 4 N–H and O–H groups in total. The number of benzene rings is 1. The van der Waals surface area contributed by atoms with E-state index in [1.165, 1.54) is 0 Å². The van der Waals surface area contributed by atoms with Crippen LogP contribution >= 0.6 is 28.4 Å². The van der Waals surface area contributed by atoms with Crippen LogP contribution in [0, 0.1) is 0 Å². The molecule has 1 saturated heterocycles. The number of hydrogen-bond acceptors (Lipinski definition) is 9.